The summed E-state index contributed by atoms with van der Waals surface area (Å²) in [4.78, 5) is 11.9. The van der Waals surface area contributed by atoms with Gasteiger partial charge in [0.1, 0.15) is 5.75 Å². The molecule has 4 nitrogen and oxygen atoms in total. The van der Waals surface area contributed by atoms with Gasteiger partial charge in [0.05, 0.1) is 6.61 Å². The molecule has 1 aromatic carbocycles. The average molecular weight is 344 g/mol. The van der Waals surface area contributed by atoms with Gasteiger partial charge in [0, 0.05) is 16.1 Å². The van der Waals surface area contributed by atoms with Crippen molar-refractivity contribution in [3.05, 3.63) is 28.2 Å². The predicted octanol–water partition coefficient (Wildman–Crippen LogP) is 3.58. The summed E-state index contributed by atoms with van der Waals surface area (Å²) in [6.45, 7) is 6.02. The Kier molecular flexibility index (Phi) is 7.02. The highest BCUT2D eigenvalue weighted by Crippen LogP contribution is 2.29. The van der Waals surface area contributed by atoms with Crippen molar-refractivity contribution >= 4 is 21.9 Å². The van der Waals surface area contributed by atoms with Crippen LogP contribution in [0, 0.1) is 0 Å². The summed E-state index contributed by atoms with van der Waals surface area (Å²) in [5.41, 5.74) is 6.82. The lowest BCUT2D eigenvalue weighted by Gasteiger charge is -2.20. The van der Waals surface area contributed by atoms with E-state index in [2.05, 4.69) is 15.9 Å². The molecule has 0 aliphatic heterocycles. The topological polar surface area (TPSA) is 61.5 Å². The number of hydrogen-bond donors (Lipinski definition) is 1. The second-order valence-corrected chi connectivity index (χ2v) is 5.53. The van der Waals surface area contributed by atoms with Gasteiger partial charge in [-0.15, -0.1) is 0 Å². The summed E-state index contributed by atoms with van der Waals surface area (Å²) in [5.74, 6) is 0.308. The molecule has 0 aliphatic carbocycles. The van der Waals surface area contributed by atoms with Gasteiger partial charge in [0.25, 0.3) is 0 Å². The Labute approximate surface area is 128 Å². The van der Waals surface area contributed by atoms with Crippen LogP contribution in [0.1, 0.15) is 45.2 Å². The lowest BCUT2D eigenvalue weighted by atomic mass is 10.1. The minimum Gasteiger partial charge on any atom is -0.478 e. The molecule has 20 heavy (non-hydrogen) atoms. The van der Waals surface area contributed by atoms with Crippen molar-refractivity contribution in [3.8, 4) is 5.75 Å². The van der Waals surface area contributed by atoms with Crippen LogP contribution in [-0.4, -0.2) is 18.7 Å². The zero-order chi connectivity index (χ0) is 15.1. The number of ether oxygens (including phenoxy) is 2. The summed E-state index contributed by atoms with van der Waals surface area (Å²) >= 11 is 3.41. The second-order valence-electron chi connectivity index (χ2n) is 4.62. The van der Waals surface area contributed by atoms with Gasteiger partial charge in [-0.05, 0) is 38.5 Å². The van der Waals surface area contributed by atoms with E-state index in [-0.39, 0.29) is 12.0 Å². The van der Waals surface area contributed by atoms with Gasteiger partial charge in [0.2, 0.25) is 0 Å². The number of carbonyl (C=O) groups is 1. The lowest BCUT2D eigenvalue weighted by molar-refractivity contribution is -0.151. The summed E-state index contributed by atoms with van der Waals surface area (Å²) in [6.07, 6.45) is 0.875. The van der Waals surface area contributed by atoms with Gasteiger partial charge in [-0.3, -0.25) is 0 Å². The number of esters is 1. The van der Waals surface area contributed by atoms with Gasteiger partial charge in [0.15, 0.2) is 6.10 Å². The number of halogens is 1. The Morgan fingerprint density at radius 2 is 2.10 bits per heavy atom. The molecule has 5 heteroatoms. The fraction of sp³-hybridized carbons (Fsp3) is 0.533. The number of carbonyl (C=O) groups excluding carboxylic acids is 1. The van der Waals surface area contributed by atoms with Crippen molar-refractivity contribution in [2.24, 2.45) is 5.73 Å². The normalized spacial score (nSPS) is 13.7. The Hall–Kier alpha value is -1.07. The molecule has 2 N–H and O–H groups in total. The van der Waals surface area contributed by atoms with Crippen LogP contribution < -0.4 is 10.5 Å². The summed E-state index contributed by atoms with van der Waals surface area (Å²) in [6, 6.07) is 5.43. The van der Waals surface area contributed by atoms with E-state index in [0.717, 1.165) is 16.5 Å². The van der Waals surface area contributed by atoms with Crippen LogP contribution in [0.4, 0.5) is 0 Å². The molecule has 0 spiro atoms. The molecule has 112 valence electrons. The molecule has 0 aromatic heterocycles. The largest absolute Gasteiger partial charge is 0.478 e. The molecule has 0 bridgehead atoms. The summed E-state index contributed by atoms with van der Waals surface area (Å²) < 4.78 is 11.8. The molecule has 0 radical (unpaired) electrons. The van der Waals surface area contributed by atoms with Crippen molar-refractivity contribution in [3.63, 3.8) is 0 Å². The van der Waals surface area contributed by atoms with Gasteiger partial charge >= 0.3 is 5.97 Å². The molecule has 0 amide bonds. The number of rotatable bonds is 7. The third-order valence-corrected chi connectivity index (χ3v) is 3.33. The van der Waals surface area contributed by atoms with Crippen LogP contribution >= 0.6 is 15.9 Å². The smallest absolute Gasteiger partial charge is 0.347 e. The van der Waals surface area contributed by atoms with E-state index in [4.69, 9.17) is 15.2 Å². The van der Waals surface area contributed by atoms with E-state index < -0.39 is 6.10 Å². The second kappa shape index (κ2) is 8.27. The van der Waals surface area contributed by atoms with Crippen LogP contribution in [0.5, 0.6) is 5.75 Å². The number of nitrogens with two attached hydrogens (primary N) is 1. The van der Waals surface area contributed by atoms with Gasteiger partial charge in [-0.2, -0.15) is 0 Å². The van der Waals surface area contributed by atoms with Crippen LogP contribution in [-0.2, 0) is 9.53 Å². The zero-order valence-electron chi connectivity index (χ0n) is 12.2. The molecule has 0 heterocycles. The highest BCUT2D eigenvalue weighted by molar-refractivity contribution is 9.10. The van der Waals surface area contributed by atoms with Crippen molar-refractivity contribution in [1.82, 2.24) is 0 Å². The minimum absolute atomic E-state index is 0.174. The Morgan fingerprint density at radius 3 is 2.65 bits per heavy atom. The Balaban J connectivity index is 2.95. The first kappa shape index (κ1) is 17.0. The maximum atomic E-state index is 11.9. The van der Waals surface area contributed by atoms with Crippen LogP contribution in [0.3, 0.4) is 0 Å². The van der Waals surface area contributed by atoms with Crippen LogP contribution in [0.25, 0.3) is 0 Å². The van der Waals surface area contributed by atoms with Crippen LogP contribution in [0.2, 0.25) is 0 Å². The quantitative estimate of drug-likeness (QED) is 0.768. The molecule has 0 fully saturated rings. The molecular weight excluding hydrogens is 322 g/mol. The lowest BCUT2D eigenvalue weighted by Crippen LogP contribution is -2.30. The molecule has 0 saturated carbocycles. The van der Waals surface area contributed by atoms with Gasteiger partial charge in [-0.1, -0.05) is 29.3 Å². The van der Waals surface area contributed by atoms with Crippen molar-refractivity contribution < 1.29 is 14.3 Å². The molecule has 1 rings (SSSR count). The molecule has 0 aliphatic rings. The van der Waals surface area contributed by atoms with E-state index in [1.165, 1.54) is 0 Å². The molecular formula is C15H22BrNO3. The molecule has 0 saturated heterocycles. The Morgan fingerprint density at radius 1 is 1.40 bits per heavy atom. The van der Waals surface area contributed by atoms with E-state index in [0.29, 0.717) is 18.8 Å². The first-order valence-corrected chi connectivity index (χ1v) is 7.67. The van der Waals surface area contributed by atoms with Crippen molar-refractivity contribution in [2.45, 2.75) is 45.8 Å². The van der Waals surface area contributed by atoms with Crippen molar-refractivity contribution in [1.29, 1.82) is 0 Å². The van der Waals surface area contributed by atoms with Gasteiger partial charge in [-0.25, -0.2) is 4.79 Å². The predicted molar refractivity (Wildman–Crippen MR) is 82.7 cm³/mol. The van der Waals surface area contributed by atoms with E-state index in [9.17, 15) is 4.79 Å². The Bertz CT molecular complexity index is 449. The average Bonchev–Trinajstić information content (AvgIpc) is 2.40. The molecule has 1 unspecified atom stereocenters. The monoisotopic (exact) mass is 343 g/mol. The third kappa shape index (κ3) is 4.80. The van der Waals surface area contributed by atoms with E-state index in [1.807, 2.05) is 32.0 Å². The van der Waals surface area contributed by atoms with E-state index in [1.54, 1.807) is 6.92 Å². The minimum atomic E-state index is -0.585. The molecule has 1 aromatic rings. The summed E-state index contributed by atoms with van der Waals surface area (Å²) in [7, 11) is 0. The standard InChI is InChI=1S/C15H22BrNO3/c1-4-6-14(15(18)19-5-2)20-13-8-7-11(16)9-12(13)10(3)17/h7-10,14H,4-6,17H2,1-3H3/t10-,14?/m1/s1. The highest BCUT2D eigenvalue weighted by Gasteiger charge is 2.22. The summed E-state index contributed by atoms with van der Waals surface area (Å²) in [5, 5.41) is 0. The fourth-order valence-electron chi connectivity index (χ4n) is 1.86. The first-order chi connectivity index (χ1) is 9.49. The number of benzene rings is 1. The molecule has 2 atom stereocenters. The maximum absolute atomic E-state index is 11.9. The zero-order valence-corrected chi connectivity index (χ0v) is 13.8. The van der Waals surface area contributed by atoms with Crippen LogP contribution in [0.15, 0.2) is 22.7 Å². The van der Waals surface area contributed by atoms with E-state index >= 15 is 0 Å². The first-order valence-electron chi connectivity index (χ1n) is 6.87. The SMILES string of the molecule is CCCC(Oc1ccc(Br)cc1[C@@H](C)N)C(=O)OCC. The third-order valence-electron chi connectivity index (χ3n) is 2.83. The van der Waals surface area contributed by atoms with Gasteiger partial charge < -0.3 is 15.2 Å². The van der Waals surface area contributed by atoms with Crippen molar-refractivity contribution in [2.75, 3.05) is 6.61 Å². The fourth-order valence-corrected chi connectivity index (χ4v) is 2.24. The number of hydrogen-bond acceptors (Lipinski definition) is 4. The maximum Gasteiger partial charge on any atom is 0.347 e. The highest BCUT2D eigenvalue weighted by atomic mass is 79.9.